The molecular formula is C22H25N3O3. The molecule has 0 aliphatic carbocycles. The van der Waals surface area contributed by atoms with Crippen LogP contribution in [0.2, 0.25) is 0 Å². The molecule has 3 rings (SSSR count). The SMILES string of the molecule is CCC(C)(C)NC(=O)c1ccc(NC(=O)C2CC(=O)Nc3ccccc32)cc1. The van der Waals surface area contributed by atoms with Gasteiger partial charge in [-0.2, -0.15) is 0 Å². The maximum Gasteiger partial charge on any atom is 0.251 e. The highest BCUT2D eigenvalue weighted by molar-refractivity contribution is 6.05. The monoisotopic (exact) mass is 379 g/mol. The Morgan fingerprint density at radius 1 is 1.11 bits per heavy atom. The lowest BCUT2D eigenvalue weighted by molar-refractivity contribution is -0.123. The summed E-state index contributed by atoms with van der Waals surface area (Å²) >= 11 is 0. The van der Waals surface area contributed by atoms with Gasteiger partial charge in [-0.15, -0.1) is 0 Å². The predicted octanol–water partition coefficient (Wildman–Crippen LogP) is 3.67. The minimum atomic E-state index is -0.543. The minimum Gasteiger partial charge on any atom is -0.347 e. The molecular weight excluding hydrogens is 354 g/mol. The Kier molecular flexibility index (Phi) is 5.49. The minimum absolute atomic E-state index is 0.107. The smallest absolute Gasteiger partial charge is 0.251 e. The number of benzene rings is 2. The summed E-state index contributed by atoms with van der Waals surface area (Å²) < 4.78 is 0. The molecule has 0 saturated carbocycles. The third-order valence-corrected chi connectivity index (χ3v) is 5.07. The molecule has 0 spiro atoms. The van der Waals surface area contributed by atoms with Gasteiger partial charge in [0.1, 0.15) is 0 Å². The van der Waals surface area contributed by atoms with E-state index in [-0.39, 0.29) is 29.7 Å². The summed E-state index contributed by atoms with van der Waals surface area (Å²) in [5.41, 5.74) is 2.31. The molecule has 0 saturated heterocycles. The fourth-order valence-electron chi connectivity index (χ4n) is 3.05. The topological polar surface area (TPSA) is 87.3 Å². The molecule has 1 aliphatic rings. The number of carbonyl (C=O) groups excluding carboxylic acids is 3. The standard InChI is InChI=1S/C22H25N3O3/c1-4-22(2,3)25-20(27)14-9-11-15(12-10-14)23-21(28)17-13-19(26)24-18-8-6-5-7-16(17)18/h5-12,17H,4,13H2,1-3H3,(H,23,28)(H,24,26)(H,25,27). The molecule has 0 radical (unpaired) electrons. The lowest BCUT2D eigenvalue weighted by Crippen LogP contribution is -2.42. The maximum absolute atomic E-state index is 12.8. The summed E-state index contributed by atoms with van der Waals surface area (Å²) in [6.45, 7) is 5.96. The molecule has 28 heavy (non-hydrogen) atoms. The molecule has 0 bridgehead atoms. The van der Waals surface area contributed by atoms with Crippen LogP contribution in [0.25, 0.3) is 0 Å². The largest absolute Gasteiger partial charge is 0.347 e. The van der Waals surface area contributed by atoms with Gasteiger partial charge >= 0.3 is 0 Å². The second-order valence-electron chi connectivity index (χ2n) is 7.65. The van der Waals surface area contributed by atoms with Crippen LogP contribution in [0.1, 0.15) is 55.5 Å². The summed E-state index contributed by atoms with van der Waals surface area (Å²) in [4.78, 5) is 37.0. The first-order valence-corrected chi connectivity index (χ1v) is 9.41. The molecule has 3 amide bonds. The van der Waals surface area contributed by atoms with Gasteiger partial charge in [0.2, 0.25) is 11.8 Å². The number of rotatable bonds is 5. The Bertz CT molecular complexity index is 903. The van der Waals surface area contributed by atoms with E-state index in [4.69, 9.17) is 0 Å². The summed E-state index contributed by atoms with van der Waals surface area (Å²) in [7, 11) is 0. The highest BCUT2D eigenvalue weighted by atomic mass is 16.2. The van der Waals surface area contributed by atoms with Crippen molar-refractivity contribution >= 4 is 29.1 Å². The van der Waals surface area contributed by atoms with E-state index < -0.39 is 5.92 Å². The number of hydrogen-bond donors (Lipinski definition) is 3. The van der Waals surface area contributed by atoms with E-state index in [1.165, 1.54) is 0 Å². The van der Waals surface area contributed by atoms with Crippen LogP contribution in [0.4, 0.5) is 11.4 Å². The summed E-state index contributed by atoms with van der Waals surface area (Å²) in [6, 6.07) is 14.1. The van der Waals surface area contributed by atoms with Gasteiger partial charge in [-0.3, -0.25) is 14.4 Å². The van der Waals surface area contributed by atoms with Crippen LogP contribution >= 0.6 is 0 Å². The number of amides is 3. The number of nitrogens with one attached hydrogen (secondary N) is 3. The van der Waals surface area contributed by atoms with Gasteiger partial charge < -0.3 is 16.0 Å². The second-order valence-corrected chi connectivity index (χ2v) is 7.65. The summed E-state index contributed by atoms with van der Waals surface area (Å²) in [6.07, 6.45) is 0.929. The van der Waals surface area contributed by atoms with Crippen molar-refractivity contribution in [3.63, 3.8) is 0 Å². The third-order valence-electron chi connectivity index (χ3n) is 5.07. The molecule has 6 heteroatoms. The van der Waals surface area contributed by atoms with Crippen molar-refractivity contribution in [3.05, 3.63) is 59.7 Å². The van der Waals surface area contributed by atoms with Crippen molar-refractivity contribution in [3.8, 4) is 0 Å². The van der Waals surface area contributed by atoms with Gasteiger partial charge in [-0.05, 0) is 56.2 Å². The Labute approximate surface area is 164 Å². The molecule has 1 atom stereocenters. The molecule has 1 unspecified atom stereocenters. The van der Waals surface area contributed by atoms with E-state index >= 15 is 0 Å². The first kappa shape index (κ1) is 19.6. The summed E-state index contributed by atoms with van der Waals surface area (Å²) in [5.74, 6) is -1.11. The molecule has 6 nitrogen and oxygen atoms in total. The lowest BCUT2D eigenvalue weighted by Gasteiger charge is -2.25. The molecule has 2 aromatic rings. The van der Waals surface area contributed by atoms with E-state index in [1.807, 2.05) is 39.0 Å². The van der Waals surface area contributed by atoms with Gasteiger partial charge in [0, 0.05) is 28.9 Å². The molecule has 1 aliphatic heterocycles. The van der Waals surface area contributed by atoms with Crippen molar-refractivity contribution in [2.24, 2.45) is 0 Å². The number of carbonyl (C=O) groups is 3. The normalized spacial score (nSPS) is 16.0. The van der Waals surface area contributed by atoms with Crippen molar-refractivity contribution in [1.82, 2.24) is 5.32 Å². The van der Waals surface area contributed by atoms with Crippen LogP contribution in [-0.4, -0.2) is 23.3 Å². The predicted molar refractivity (Wildman–Crippen MR) is 109 cm³/mol. The van der Waals surface area contributed by atoms with Crippen LogP contribution < -0.4 is 16.0 Å². The van der Waals surface area contributed by atoms with Crippen molar-refractivity contribution in [2.75, 3.05) is 10.6 Å². The van der Waals surface area contributed by atoms with Crippen molar-refractivity contribution in [1.29, 1.82) is 0 Å². The highest BCUT2D eigenvalue weighted by Gasteiger charge is 2.30. The van der Waals surface area contributed by atoms with E-state index in [0.29, 0.717) is 16.9 Å². The average Bonchev–Trinajstić information content (AvgIpc) is 2.67. The fraction of sp³-hybridized carbons (Fsp3) is 0.318. The van der Waals surface area contributed by atoms with Crippen LogP contribution in [0.5, 0.6) is 0 Å². The molecule has 146 valence electrons. The Morgan fingerprint density at radius 3 is 2.46 bits per heavy atom. The highest BCUT2D eigenvalue weighted by Crippen LogP contribution is 2.32. The fourth-order valence-corrected chi connectivity index (χ4v) is 3.05. The maximum atomic E-state index is 12.8. The van der Waals surface area contributed by atoms with Crippen LogP contribution in [0, 0.1) is 0 Å². The Balaban J connectivity index is 1.70. The van der Waals surface area contributed by atoms with Gasteiger partial charge in [-0.1, -0.05) is 25.1 Å². The summed E-state index contributed by atoms with van der Waals surface area (Å²) in [5, 5.41) is 8.62. The van der Waals surface area contributed by atoms with E-state index in [2.05, 4.69) is 16.0 Å². The van der Waals surface area contributed by atoms with Crippen LogP contribution in [-0.2, 0) is 9.59 Å². The third kappa shape index (κ3) is 4.39. The van der Waals surface area contributed by atoms with E-state index in [1.54, 1.807) is 30.3 Å². The van der Waals surface area contributed by atoms with E-state index in [9.17, 15) is 14.4 Å². The molecule has 1 heterocycles. The zero-order valence-electron chi connectivity index (χ0n) is 16.3. The first-order chi connectivity index (χ1) is 13.3. The number of fused-ring (bicyclic) bond motifs is 1. The average molecular weight is 379 g/mol. The zero-order valence-corrected chi connectivity index (χ0v) is 16.3. The van der Waals surface area contributed by atoms with Gasteiger partial charge in [-0.25, -0.2) is 0 Å². The Hall–Kier alpha value is -3.15. The van der Waals surface area contributed by atoms with Crippen molar-refractivity contribution in [2.45, 2.75) is 45.1 Å². The van der Waals surface area contributed by atoms with E-state index in [0.717, 1.165) is 12.0 Å². The zero-order chi connectivity index (χ0) is 20.3. The molecule has 2 aromatic carbocycles. The number of anilines is 2. The van der Waals surface area contributed by atoms with Crippen LogP contribution in [0.15, 0.2) is 48.5 Å². The molecule has 3 N–H and O–H groups in total. The van der Waals surface area contributed by atoms with Crippen molar-refractivity contribution < 1.29 is 14.4 Å². The Morgan fingerprint density at radius 2 is 1.79 bits per heavy atom. The lowest BCUT2D eigenvalue weighted by atomic mass is 9.90. The quantitative estimate of drug-likeness (QED) is 0.741. The van der Waals surface area contributed by atoms with Gasteiger partial charge in [0.25, 0.3) is 5.91 Å². The number of hydrogen-bond acceptors (Lipinski definition) is 3. The number of para-hydroxylation sites is 1. The first-order valence-electron chi connectivity index (χ1n) is 9.41. The second kappa shape index (κ2) is 7.84. The van der Waals surface area contributed by atoms with Gasteiger partial charge in [0.05, 0.1) is 5.92 Å². The molecule has 0 aromatic heterocycles. The van der Waals surface area contributed by atoms with Crippen LogP contribution in [0.3, 0.4) is 0 Å². The van der Waals surface area contributed by atoms with Gasteiger partial charge in [0.15, 0.2) is 0 Å². The molecule has 0 fully saturated rings.